The number of nitrogens with one attached hydrogen (secondary N) is 1. The van der Waals surface area contributed by atoms with Crippen LogP contribution in [0.5, 0.6) is 0 Å². The highest BCUT2D eigenvalue weighted by Gasteiger charge is 2.01. The predicted octanol–water partition coefficient (Wildman–Crippen LogP) is 3.38. The van der Waals surface area contributed by atoms with Gasteiger partial charge in [0.05, 0.1) is 18.2 Å². The summed E-state index contributed by atoms with van der Waals surface area (Å²) in [4.78, 5) is 6.90. The fraction of sp³-hybridized carbons (Fsp3) is 0. The maximum Gasteiger partial charge on any atom is 0.0924 e. The number of aromatic amines is 1. The second kappa shape index (κ2) is 3.40. The van der Waals surface area contributed by atoms with E-state index >= 15 is 0 Å². The van der Waals surface area contributed by atoms with Crippen LogP contribution in [-0.4, -0.2) is 9.97 Å². The molecule has 1 N–H and O–H groups in total. The summed E-state index contributed by atoms with van der Waals surface area (Å²) < 4.78 is 0. The first kappa shape index (κ1) is 8.60. The van der Waals surface area contributed by atoms with Crippen LogP contribution >= 0.6 is 23.2 Å². The largest absolute Gasteiger partial charge is 0.345 e. The molecule has 1 heterocycles. The minimum atomic E-state index is 0.622. The molecule has 0 spiro atoms. The number of hydrogen-bond donors (Lipinski definition) is 1. The van der Waals surface area contributed by atoms with Gasteiger partial charge in [-0.2, -0.15) is 0 Å². The molecule has 1 aromatic carbocycles. The summed E-state index contributed by atoms with van der Waals surface area (Å²) in [7, 11) is 0. The Morgan fingerprint density at radius 2 is 1.77 bits per heavy atom. The van der Waals surface area contributed by atoms with E-state index in [1.54, 1.807) is 18.6 Å². The number of rotatable bonds is 1. The molecule has 0 aliphatic rings. The molecular formula is C9H6Cl2N2. The van der Waals surface area contributed by atoms with Gasteiger partial charge in [-0.1, -0.05) is 23.2 Å². The maximum atomic E-state index is 5.85. The highest BCUT2D eigenvalue weighted by Crippen LogP contribution is 2.25. The van der Waals surface area contributed by atoms with Crippen molar-refractivity contribution in [3.8, 4) is 11.3 Å². The van der Waals surface area contributed by atoms with E-state index in [-0.39, 0.29) is 0 Å². The Kier molecular flexibility index (Phi) is 2.25. The first-order valence-corrected chi connectivity index (χ1v) is 4.46. The number of halogens is 2. The molecule has 1 aromatic heterocycles. The van der Waals surface area contributed by atoms with Gasteiger partial charge in [-0.25, -0.2) is 4.98 Å². The molecule has 0 amide bonds. The van der Waals surface area contributed by atoms with E-state index < -0.39 is 0 Å². The lowest BCUT2D eigenvalue weighted by Crippen LogP contribution is -1.77. The van der Waals surface area contributed by atoms with Crippen LogP contribution in [0.15, 0.2) is 30.7 Å². The van der Waals surface area contributed by atoms with Gasteiger partial charge in [0.15, 0.2) is 0 Å². The molecule has 0 atom stereocenters. The molecule has 0 unspecified atom stereocenters. The van der Waals surface area contributed by atoms with Crippen molar-refractivity contribution >= 4 is 23.2 Å². The lowest BCUT2D eigenvalue weighted by atomic mass is 10.2. The number of hydrogen-bond acceptors (Lipinski definition) is 1. The third-order valence-corrected chi connectivity index (χ3v) is 2.11. The third kappa shape index (κ3) is 1.85. The van der Waals surface area contributed by atoms with E-state index in [4.69, 9.17) is 23.2 Å². The van der Waals surface area contributed by atoms with Crippen LogP contribution in [0.3, 0.4) is 0 Å². The number of imidazole rings is 1. The minimum absolute atomic E-state index is 0.622. The van der Waals surface area contributed by atoms with Crippen LogP contribution in [0, 0.1) is 0 Å². The Labute approximate surface area is 85.5 Å². The molecule has 0 radical (unpaired) electrons. The molecule has 13 heavy (non-hydrogen) atoms. The quantitative estimate of drug-likeness (QED) is 0.772. The van der Waals surface area contributed by atoms with Gasteiger partial charge in [0.2, 0.25) is 0 Å². The van der Waals surface area contributed by atoms with Crippen molar-refractivity contribution in [1.82, 2.24) is 9.97 Å². The van der Waals surface area contributed by atoms with Crippen molar-refractivity contribution in [2.24, 2.45) is 0 Å². The van der Waals surface area contributed by atoms with E-state index in [0.29, 0.717) is 10.0 Å². The number of benzene rings is 1. The first-order chi connectivity index (χ1) is 6.25. The van der Waals surface area contributed by atoms with Gasteiger partial charge >= 0.3 is 0 Å². The van der Waals surface area contributed by atoms with Gasteiger partial charge in [0, 0.05) is 15.6 Å². The molecule has 2 aromatic rings. The molecule has 66 valence electrons. The second-order valence-corrected chi connectivity index (χ2v) is 3.50. The van der Waals surface area contributed by atoms with Crippen LogP contribution in [0.1, 0.15) is 0 Å². The Morgan fingerprint density at radius 3 is 2.31 bits per heavy atom. The van der Waals surface area contributed by atoms with Crippen LogP contribution < -0.4 is 0 Å². The second-order valence-electron chi connectivity index (χ2n) is 2.62. The molecule has 0 aliphatic carbocycles. The van der Waals surface area contributed by atoms with Gasteiger partial charge < -0.3 is 4.98 Å². The van der Waals surface area contributed by atoms with Crippen LogP contribution in [0.25, 0.3) is 11.3 Å². The average molecular weight is 213 g/mol. The van der Waals surface area contributed by atoms with Crippen LogP contribution in [0.2, 0.25) is 10.0 Å². The molecular weight excluding hydrogens is 207 g/mol. The van der Waals surface area contributed by atoms with E-state index in [9.17, 15) is 0 Å². The Balaban J connectivity index is 2.53. The predicted molar refractivity (Wildman–Crippen MR) is 54.0 cm³/mol. The zero-order chi connectivity index (χ0) is 9.26. The van der Waals surface area contributed by atoms with Gasteiger partial charge in [0.25, 0.3) is 0 Å². The van der Waals surface area contributed by atoms with E-state index in [1.807, 2.05) is 12.1 Å². The van der Waals surface area contributed by atoms with Crippen molar-refractivity contribution in [3.63, 3.8) is 0 Å². The summed E-state index contributed by atoms with van der Waals surface area (Å²) in [6.45, 7) is 0. The Bertz CT molecular complexity index is 389. The molecule has 4 heteroatoms. The number of aromatic nitrogens is 2. The highest BCUT2D eigenvalue weighted by atomic mass is 35.5. The molecule has 0 saturated carbocycles. The van der Waals surface area contributed by atoms with E-state index in [1.165, 1.54) is 0 Å². The van der Waals surface area contributed by atoms with Crippen LogP contribution in [0.4, 0.5) is 0 Å². The van der Waals surface area contributed by atoms with Crippen molar-refractivity contribution in [2.75, 3.05) is 0 Å². The summed E-state index contributed by atoms with van der Waals surface area (Å²) >= 11 is 11.7. The standard InChI is InChI=1S/C9H6Cl2N2/c10-7-1-6(2-8(11)3-7)9-4-12-5-13-9/h1-5H,(H,12,13). The number of H-pyrrole nitrogens is 1. The van der Waals surface area contributed by atoms with Crippen molar-refractivity contribution in [3.05, 3.63) is 40.8 Å². The molecule has 2 nitrogen and oxygen atoms in total. The third-order valence-electron chi connectivity index (χ3n) is 1.67. The molecule has 0 bridgehead atoms. The first-order valence-electron chi connectivity index (χ1n) is 3.70. The number of nitrogens with zero attached hydrogens (tertiary/aromatic N) is 1. The fourth-order valence-corrected chi connectivity index (χ4v) is 1.65. The van der Waals surface area contributed by atoms with Gasteiger partial charge in [-0.3, -0.25) is 0 Å². The molecule has 0 aliphatic heterocycles. The van der Waals surface area contributed by atoms with E-state index in [2.05, 4.69) is 9.97 Å². The lowest BCUT2D eigenvalue weighted by Gasteiger charge is -1.99. The van der Waals surface area contributed by atoms with Gasteiger partial charge in [0.1, 0.15) is 0 Å². The van der Waals surface area contributed by atoms with Crippen molar-refractivity contribution < 1.29 is 0 Å². The summed E-state index contributed by atoms with van der Waals surface area (Å²) in [5, 5.41) is 1.24. The molecule has 0 saturated heterocycles. The smallest absolute Gasteiger partial charge is 0.0924 e. The zero-order valence-corrected chi connectivity index (χ0v) is 8.10. The normalized spacial score (nSPS) is 10.3. The summed E-state index contributed by atoms with van der Waals surface area (Å²) in [5.74, 6) is 0. The molecule has 2 rings (SSSR count). The topological polar surface area (TPSA) is 28.7 Å². The Morgan fingerprint density at radius 1 is 1.08 bits per heavy atom. The Hall–Kier alpha value is -0.990. The SMILES string of the molecule is Clc1cc(Cl)cc(-c2cnc[nH]2)c1. The monoisotopic (exact) mass is 212 g/mol. The lowest BCUT2D eigenvalue weighted by molar-refractivity contribution is 1.31. The zero-order valence-electron chi connectivity index (χ0n) is 6.59. The summed E-state index contributed by atoms with van der Waals surface area (Å²) in [5.41, 5.74) is 1.85. The van der Waals surface area contributed by atoms with Crippen LogP contribution in [-0.2, 0) is 0 Å². The summed E-state index contributed by atoms with van der Waals surface area (Å²) in [6.07, 6.45) is 3.34. The van der Waals surface area contributed by atoms with Crippen molar-refractivity contribution in [1.29, 1.82) is 0 Å². The maximum absolute atomic E-state index is 5.85. The molecule has 0 fully saturated rings. The van der Waals surface area contributed by atoms with Gasteiger partial charge in [-0.15, -0.1) is 0 Å². The van der Waals surface area contributed by atoms with Crippen molar-refractivity contribution in [2.45, 2.75) is 0 Å². The van der Waals surface area contributed by atoms with E-state index in [0.717, 1.165) is 11.3 Å². The highest BCUT2D eigenvalue weighted by molar-refractivity contribution is 6.35. The minimum Gasteiger partial charge on any atom is -0.345 e. The fourth-order valence-electron chi connectivity index (χ4n) is 1.12. The average Bonchev–Trinajstić information content (AvgIpc) is 2.53. The van der Waals surface area contributed by atoms with Gasteiger partial charge in [-0.05, 0) is 18.2 Å². The summed E-state index contributed by atoms with van der Waals surface area (Å²) in [6, 6.07) is 5.37.